The van der Waals surface area contributed by atoms with Gasteiger partial charge in [-0.3, -0.25) is 4.79 Å². The van der Waals surface area contributed by atoms with Gasteiger partial charge in [-0.05, 0) is 50.6 Å². The summed E-state index contributed by atoms with van der Waals surface area (Å²) in [6.45, 7) is 3.39. The molecule has 1 amide bonds. The van der Waals surface area contributed by atoms with Crippen molar-refractivity contribution in [3.63, 3.8) is 0 Å². The minimum absolute atomic E-state index is 0.129. The van der Waals surface area contributed by atoms with Crippen molar-refractivity contribution in [1.82, 2.24) is 10.6 Å². The number of carbonyl (C=O) groups excluding carboxylic acids is 1. The van der Waals surface area contributed by atoms with Crippen LogP contribution in [-0.2, 0) is 4.79 Å². The van der Waals surface area contributed by atoms with E-state index in [2.05, 4.69) is 10.6 Å². The Balaban J connectivity index is 0.000000158. The number of carbonyl (C=O) groups is 1. The quantitative estimate of drug-likeness (QED) is 0.689. The SMILES string of the molecule is C1CCNC1.O=C1CCCN1.Oc1ccc(Cl)c(Cl)c1. The third kappa shape index (κ3) is 7.58. The Morgan fingerprint density at radius 2 is 1.70 bits per heavy atom. The number of nitrogens with one attached hydrogen (secondary N) is 2. The summed E-state index contributed by atoms with van der Waals surface area (Å²) >= 11 is 11.1. The topological polar surface area (TPSA) is 61.4 Å². The van der Waals surface area contributed by atoms with Gasteiger partial charge in [0.2, 0.25) is 5.91 Å². The second-order valence-corrected chi connectivity index (χ2v) is 5.32. The molecule has 112 valence electrons. The summed E-state index contributed by atoms with van der Waals surface area (Å²) < 4.78 is 0. The molecule has 2 fully saturated rings. The van der Waals surface area contributed by atoms with E-state index in [-0.39, 0.29) is 11.7 Å². The van der Waals surface area contributed by atoms with Crippen molar-refractivity contribution >= 4 is 29.1 Å². The van der Waals surface area contributed by atoms with Gasteiger partial charge in [-0.25, -0.2) is 0 Å². The summed E-state index contributed by atoms with van der Waals surface area (Å²) in [5.41, 5.74) is 0. The third-order valence-electron chi connectivity index (χ3n) is 2.76. The summed E-state index contributed by atoms with van der Waals surface area (Å²) in [6.07, 6.45) is 4.54. The first-order valence-electron chi connectivity index (χ1n) is 6.71. The minimum Gasteiger partial charge on any atom is -0.508 e. The lowest BCUT2D eigenvalue weighted by Crippen LogP contribution is -2.12. The van der Waals surface area contributed by atoms with Crippen LogP contribution in [0.25, 0.3) is 0 Å². The Morgan fingerprint density at radius 3 is 2.00 bits per heavy atom. The zero-order chi connectivity index (χ0) is 14.8. The predicted molar refractivity (Wildman–Crippen MR) is 82.5 cm³/mol. The van der Waals surface area contributed by atoms with Crippen molar-refractivity contribution in [2.24, 2.45) is 0 Å². The van der Waals surface area contributed by atoms with Crippen LogP contribution in [0.15, 0.2) is 18.2 Å². The Bertz CT molecular complexity index is 408. The van der Waals surface area contributed by atoms with Crippen molar-refractivity contribution < 1.29 is 9.90 Å². The summed E-state index contributed by atoms with van der Waals surface area (Å²) in [4.78, 5) is 10.1. The van der Waals surface area contributed by atoms with E-state index in [0.717, 1.165) is 19.4 Å². The highest BCUT2D eigenvalue weighted by Crippen LogP contribution is 2.24. The van der Waals surface area contributed by atoms with Crippen molar-refractivity contribution in [3.8, 4) is 5.75 Å². The molecule has 3 N–H and O–H groups in total. The van der Waals surface area contributed by atoms with E-state index in [9.17, 15) is 4.79 Å². The molecular weight excluding hydrogens is 299 g/mol. The Hall–Kier alpha value is -0.970. The first kappa shape index (κ1) is 17.1. The number of phenols is 1. The molecule has 1 aromatic rings. The van der Waals surface area contributed by atoms with Gasteiger partial charge in [-0.15, -0.1) is 0 Å². The molecule has 6 heteroatoms. The van der Waals surface area contributed by atoms with E-state index in [1.165, 1.54) is 38.1 Å². The summed E-state index contributed by atoms with van der Waals surface area (Å²) in [7, 11) is 0. The molecule has 0 radical (unpaired) electrons. The number of amides is 1. The highest BCUT2D eigenvalue weighted by molar-refractivity contribution is 6.42. The summed E-state index contributed by atoms with van der Waals surface area (Å²) in [5.74, 6) is 0.333. The molecule has 2 heterocycles. The van der Waals surface area contributed by atoms with E-state index < -0.39 is 0 Å². The molecular formula is C14H20Cl2N2O2. The lowest BCUT2D eigenvalue weighted by molar-refractivity contribution is -0.119. The summed E-state index contributed by atoms with van der Waals surface area (Å²) in [6, 6.07) is 4.41. The fourth-order valence-corrected chi connectivity index (χ4v) is 1.97. The monoisotopic (exact) mass is 318 g/mol. The summed E-state index contributed by atoms with van der Waals surface area (Å²) in [5, 5.41) is 15.5. The zero-order valence-electron chi connectivity index (χ0n) is 11.3. The number of hydrogen-bond donors (Lipinski definition) is 3. The third-order valence-corrected chi connectivity index (χ3v) is 3.50. The average Bonchev–Trinajstić information content (AvgIpc) is 3.10. The first-order valence-corrected chi connectivity index (χ1v) is 7.46. The maximum atomic E-state index is 10.1. The smallest absolute Gasteiger partial charge is 0.220 e. The molecule has 2 aliphatic rings. The molecule has 2 aliphatic heterocycles. The van der Waals surface area contributed by atoms with Crippen LogP contribution in [-0.4, -0.2) is 30.6 Å². The van der Waals surface area contributed by atoms with Crippen LogP contribution in [0.2, 0.25) is 10.0 Å². The maximum Gasteiger partial charge on any atom is 0.220 e. The van der Waals surface area contributed by atoms with Gasteiger partial charge in [0.15, 0.2) is 0 Å². The Kier molecular flexibility index (Phi) is 8.42. The molecule has 0 bridgehead atoms. The zero-order valence-corrected chi connectivity index (χ0v) is 12.8. The molecule has 0 atom stereocenters. The predicted octanol–water partition coefficient (Wildman–Crippen LogP) is 2.97. The Labute approximate surface area is 129 Å². The molecule has 2 saturated heterocycles. The average molecular weight is 319 g/mol. The van der Waals surface area contributed by atoms with Gasteiger partial charge in [0, 0.05) is 13.0 Å². The standard InChI is InChI=1S/C6H4Cl2O.C4H7NO.C4H9N/c7-5-2-1-4(9)3-6(5)8;6-4-2-1-3-5-4;1-2-4-5-3-1/h1-3,9H;1-3H2,(H,5,6);5H,1-4H2. The minimum atomic E-state index is 0.129. The fourth-order valence-electron chi connectivity index (χ4n) is 1.68. The van der Waals surface area contributed by atoms with Gasteiger partial charge >= 0.3 is 0 Å². The normalized spacial score (nSPS) is 16.6. The van der Waals surface area contributed by atoms with Gasteiger partial charge in [-0.1, -0.05) is 23.2 Å². The highest BCUT2D eigenvalue weighted by Gasteiger charge is 2.05. The van der Waals surface area contributed by atoms with Gasteiger partial charge in [0.25, 0.3) is 0 Å². The Morgan fingerprint density at radius 1 is 1.00 bits per heavy atom. The fraction of sp³-hybridized carbons (Fsp3) is 0.500. The molecule has 0 aromatic heterocycles. The second-order valence-electron chi connectivity index (χ2n) is 4.51. The van der Waals surface area contributed by atoms with Crippen LogP contribution < -0.4 is 10.6 Å². The molecule has 20 heavy (non-hydrogen) atoms. The van der Waals surface area contributed by atoms with Gasteiger partial charge < -0.3 is 15.7 Å². The molecule has 0 aliphatic carbocycles. The molecule has 3 rings (SSSR count). The lowest BCUT2D eigenvalue weighted by Gasteiger charge is -1.93. The van der Waals surface area contributed by atoms with E-state index >= 15 is 0 Å². The van der Waals surface area contributed by atoms with Crippen LogP contribution in [0.5, 0.6) is 5.75 Å². The molecule has 0 unspecified atom stereocenters. The highest BCUT2D eigenvalue weighted by atomic mass is 35.5. The number of halogens is 2. The van der Waals surface area contributed by atoms with Crippen LogP contribution in [0.3, 0.4) is 0 Å². The number of phenolic OH excluding ortho intramolecular Hbond substituents is 1. The van der Waals surface area contributed by atoms with Crippen molar-refractivity contribution in [2.45, 2.75) is 25.7 Å². The number of hydrogen-bond acceptors (Lipinski definition) is 3. The second kappa shape index (κ2) is 9.86. The first-order chi connectivity index (χ1) is 9.59. The molecule has 0 spiro atoms. The molecule has 0 saturated carbocycles. The van der Waals surface area contributed by atoms with Crippen LogP contribution >= 0.6 is 23.2 Å². The van der Waals surface area contributed by atoms with Crippen molar-refractivity contribution in [1.29, 1.82) is 0 Å². The van der Waals surface area contributed by atoms with Gasteiger partial charge in [0.1, 0.15) is 5.75 Å². The largest absolute Gasteiger partial charge is 0.508 e. The number of benzene rings is 1. The number of rotatable bonds is 0. The van der Waals surface area contributed by atoms with Crippen LogP contribution in [0.4, 0.5) is 0 Å². The van der Waals surface area contributed by atoms with Crippen LogP contribution in [0, 0.1) is 0 Å². The van der Waals surface area contributed by atoms with Crippen molar-refractivity contribution in [3.05, 3.63) is 28.2 Å². The number of aromatic hydroxyl groups is 1. The van der Waals surface area contributed by atoms with E-state index in [1.54, 1.807) is 6.07 Å². The van der Waals surface area contributed by atoms with Gasteiger partial charge in [-0.2, -0.15) is 0 Å². The van der Waals surface area contributed by atoms with Gasteiger partial charge in [0.05, 0.1) is 10.0 Å². The van der Waals surface area contributed by atoms with Crippen LogP contribution in [0.1, 0.15) is 25.7 Å². The van der Waals surface area contributed by atoms with Crippen molar-refractivity contribution in [2.75, 3.05) is 19.6 Å². The van der Waals surface area contributed by atoms with E-state index in [0.29, 0.717) is 10.0 Å². The van der Waals surface area contributed by atoms with E-state index in [4.69, 9.17) is 28.3 Å². The molecule has 1 aromatic carbocycles. The van der Waals surface area contributed by atoms with E-state index in [1.807, 2.05) is 0 Å². The lowest BCUT2D eigenvalue weighted by atomic mass is 10.3. The molecule has 4 nitrogen and oxygen atoms in total. The maximum absolute atomic E-state index is 10.1.